The van der Waals surface area contributed by atoms with E-state index < -0.39 is 6.36 Å². The van der Waals surface area contributed by atoms with Crippen LogP contribution < -0.4 is 10.1 Å². The van der Waals surface area contributed by atoms with E-state index in [4.69, 9.17) is 14.6 Å². The van der Waals surface area contributed by atoms with Gasteiger partial charge in [-0.15, -0.1) is 13.2 Å². The lowest BCUT2D eigenvalue weighted by Gasteiger charge is -2.22. The number of carbonyl (C=O) groups excluding carboxylic acids is 1. The largest absolute Gasteiger partial charge is 0.573 e. The van der Waals surface area contributed by atoms with E-state index in [1.54, 1.807) is 0 Å². The maximum absolute atomic E-state index is 11.6. The Balaban J connectivity index is 0.000000251. The molecule has 1 aliphatic rings. The average molecular weight is 365 g/mol. The van der Waals surface area contributed by atoms with E-state index in [1.165, 1.54) is 6.92 Å². The minimum Gasteiger partial charge on any atom is -0.508 e. The van der Waals surface area contributed by atoms with E-state index >= 15 is 0 Å². The average Bonchev–Trinajstić information content (AvgIpc) is 2.54. The minimum atomic E-state index is -4.68. The van der Waals surface area contributed by atoms with Gasteiger partial charge in [0.1, 0.15) is 11.5 Å². The van der Waals surface area contributed by atoms with Crippen molar-refractivity contribution in [2.24, 2.45) is 0 Å². The fourth-order valence-corrected chi connectivity index (χ4v) is 1.88. The van der Waals surface area contributed by atoms with E-state index in [2.05, 4.69) is 10.1 Å². The zero-order valence-electron chi connectivity index (χ0n) is 13.8. The number of aromatic hydroxyl groups is 1. The number of hydrogen-bond donors (Lipinski definition) is 2. The Bertz CT molecular complexity index is 501. The normalized spacial score (nSPS) is 15.0. The van der Waals surface area contributed by atoms with Gasteiger partial charge in [-0.25, -0.2) is 0 Å². The van der Waals surface area contributed by atoms with Crippen LogP contribution in [0.2, 0.25) is 0 Å². The molecule has 0 unspecified atom stereocenters. The third kappa shape index (κ3) is 11.2. The lowest BCUT2D eigenvalue weighted by Crippen LogP contribution is -2.27. The van der Waals surface area contributed by atoms with E-state index in [0.717, 1.165) is 56.7 Å². The van der Waals surface area contributed by atoms with Crippen molar-refractivity contribution in [3.8, 4) is 11.5 Å². The lowest BCUT2D eigenvalue weighted by molar-refractivity contribution is -0.274. The molecule has 1 saturated heterocycles. The Morgan fingerprint density at radius 3 is 2.40 bits per heavy atom. The van der Waals surface area contributed by atoms with Crippen LogP contribution in [0.25, 0.3) is 0 Å². The standard InChI is InChI=1S/C9H17NO3.C7H5F3O2/c1-8(11)10-5-2-4-9-12-6-3-7-13-9;8-7(9,10)12-6-3-1-5(11)2-4-6/h9H,2-7H2,1H3,(H,10,11);1-4,11H. The molecule has 1 amide bonds. The van der Waals surface area contributed by atoms with Gasteiger partial charge >= 0.3 is 6.36 Å². The second-order valence-corrected chi connectivity index (χ2v) is 5.19. The molecule has 6 nitrogen and oxygen atoms in total. The van der Waals surface area contributed by atoms with Crippen molar-refractivity contribution < 1.29 is 37.3 Å². The number of rotatable bonds is 5. The summed E-state index contributed by atoms with van der Waals surface area (Å²) >= 11 is 0. The number of amides is 1. The van der Waals surface area contributed by atoms with Crippen molar-refractivity contribution in [2.45, 2.75) is 38.8 Å². The predicted octanol–water partition coefficient (Wildman–Crippen LogP) is 2.96. The number of phenols is 1. The number of benzene rings is 1. The second-order valence-electron chi connectivity index (χ2n) is 5.19. The molecule has 2 rings (SSSR count). The van der Waals surface area contributed by atoms with E-state index in [9.17, 15) is 18.0 Å². The van der Waals surface area contributed by atoms with E-state index in [-0.39, 0.29) is 23.7 Å². The molecule has 25 heavy (non-hydrogen) atoms. The third-order valence-electron chi connectivity index (χ3n) is 2.96. The highest BCUT2D eigenvalue weighted by Gasteiger charge is 2.30. The molecular formula is C16H22F3NO5. The quantitative estimate of drug-likeness (QED) is 0.785. The molecule has 1 fully saturated rings. The van der Waals surface area contributed by atoms with Crippen LogP contribution in [0.15, 0.2) is 24.3 Å². The maximum atomic E-state index is 11.6. The second kappa shape index (κ2) is 10.8. The van der Waals surface area contributed by atoms with Crippen LogP contribution in [0.4, 0.5) is 13.2 Å². The molecule has 0 radical (unpaired) electrons. The predicted molar refractivity (Wildman–Crippen MR) is 83.0 cm³/mol. The Hall–Kier alpha value is -2.00. The van der Waals surface area contributed by atoms with Crippen molar-refractivity contribution in [3.05, 3.63) is 24.3 Å². The highest BCUT2D eigenvalue weighted by Crippen LogP contribution is 2.23. The van der Waals surface area contributed by atoms with Crippen LogP contribution in [0.3, 0.4) is 0 Å². The monoisotopic (exact) mass is 365 g/mol. The van der Waals surface area contributed by atoms with Crippen LogP contribution in [0, 0.1) is 0 Å². The molecule has 9 heteroatoms. The lowest BCUT2D eigenvalue weighted by atomic mass is 10.3. The van der Waals surface area contributed by atoms with Crippen molar-refractivity contribution in [1.82, 2.24) is 5.32 Å². The first-order valence-electron chi connectivity index (χ1n) is 7.78. The number of alkyl halides is 3. The summed E-state index contributed by atoms with van der Waals surface area (Å²) in [5.41, 5.74) is 0. The van der Waals surface area contributed by atoms with E-state index in [0.29, 0.717) is 6.54 Å². The Morgan fingerprint density at radius 1 is 1.28 bits per heavy atom. The van der Waals surface area contributed by atoms with Gasteiger partial charge in [0.2, 0.25) is 5.91 Å². The van der Waals surface area contributed by atoms with Gasteiger partial charge in [0, 0.05) is 19.9 Å². The number of halogens is 3. The summed E-state index contributed by atoms with van der Waals surface area (Å²) in [5.74, 6) is -0.435. The van der Waals surface area contributed by atoms with Gasteiger partial charge in [-0.2, -0.15) is 0 Å². The smallest absolute Gasteiger partial charge is 0.508 e. The van der Waals surface area contributed by atoms with E-state index in [1.807, 2.05) is 0 Å². The molecule has 0 spiro atoms. The van der Waals surface area contributed by atoms with Gasteiger partial charge in [0.15, 0.2) is 6.29 Å². The van der Waals surface area contributed by atoms with Crippen LogP contribution >= 0.6 is 0 Å². The number of nitrogens with one attached hydrogen (secondary N) is 1. The molecule has 142 valence electrons. The number of phenolic OH excluding ortho intramolecular Hbond substituents is 1. The summed E-state index contributed by atoms with van der Waals surface area (Å²) < 4.78 is 48.9. The Labute approximate surface area is 143 Å². The Morgan fingerprint density at radius 2 is 1.88 bits per heavy atom. The number of hydrogen-bond acceptors (Lipinski definition) is 5. The Kier molecular flexibility index (Phi) is 9.07. The molecule has 1 aromatic carbocycles. The fraction of sp³-hybridized carbons (Fsp3) is 0.562. The summed E-state index contributed by atoms with van der Waals surface area (Å²) in [7, 11) is 0. The van der Waals surface area contributed by atoms with Crippen LogP contribution in [0.5, 0.6) is 11.5 Å². The zero-order chi connectivity index (χ0) is 18.7. The highest BCUT2D eigenvalue weighted by molar-refractivity contribution is 5.72. The SMILES string of the molecule is CC(=O)NCCCC1OCCCO1.Oc1ccc(OC(F)(F)F)cc1. The van der Waals surface area contributed by atoms with Crippen molar-refractivity contribution in [3.63, 3.8) is 0 Å². The van der Waals surface area contributed by atoms with Gasteiger partial charge < -0.3 is 24.6 Å². The van der Waals surface area contributed by atoms with Gasteiger partial charge in [0.05, 0.1) is 13.2 Å². The highest BCUT2D eigenvalue weighted by atomic mass is 19.4. The number of ether oxygens (including phenoxy) is 3. The fourth-order valence-electron chi connectivity index (χ4n) is 1.88. The number of carbonyl (C=O) groups is 1. The zero-order valence-corrected chi connectivity index (χ0v) is 13.8. The minimum absolute atomic E-state index is 0.0190. The van der Waals surface area contributed by atoms with Crippen LogP contribution in [-0.2, 0) is 14.3 Å². The van der Waals surface area contributed by atoms with Gasteiger partial charge in [-0.1, -0.05) is 0 Å². The molecule has 0 atom stereocenters. The molecule has 0 aromatic heterocycles. The summed E-state index contributed by atoms with van der Waals surface area (Å²) in [6.07, 6.45) is -1.98. The van der Waals surface area contributed by atoms with Gasteiger partial charge in [0.25, 0.3) is 0 Å². The molecule has 1 aliphatic heterocycles. The first-order chi connectivity index (χ1) is 11.8. The topological polar surface area (TPSA) is 77.0 Å². The maximum Gasteiger partial charge on any atom is 0.573 e. The van der Waals surface area contributed by atoms with Crippen molar-refractivity contribution in [1.29, 1.82) is 0 Å². The molecular weight excluding hydrogens is 343 g/mol. The van der Waals surface area contributed by atoms with Crippen molar-refractivity contribution >= 4 is 5.91 Å². The van der Waals surface area contributed by atoms with Crippen molar-refractivity contribution in [2.75, 3.05) is 19.8 Å². The molecule has 2 N–H and O–H groups in total. The molecule has 1 aromatic rings. The summed E-state index contributed by atoms with van der Waals surface area (Å²) in [6, 6.07) is 4.29. The first-order valence-corrected chi connectivity index (χ1v) is 7.78. The van der Waals surface area contributed by atoms with Gasteiger partial charge in [-0.05, 0) is 37.1 Å². The summed E-state index contributed by atoms with van der Waals surface area (Å²) in [4.78, 5) is 10.5. The molecule has 0 saturated carbocycles. The van der Waals surface area contributed by atoms with Crippen LogP contribution in [0.1, 0.15) is 26.2 Å². The van der Waals surface area contributed by atoms with Gasteiger partial charge in [-0.3, -0.25) is 4.79 Å². The third-order valence-corrected chi connectivity index (χ3v) is 2.96. The molecule has 0 bridgehead atoms. The molecule has 0 aliphatic carbocycles. The first kappa shape index (κ1) is 21.0. The van der Waals surface area contributed by atoms with Crippen LogP contribution in [-0.4, -0.2) is 43.4 Å². The molecule has 1 heterocycles. The summed E-state index contributed by atoms with van der Waals surface area (Å²) in [6.45, 7) is 3.82. The summed E-state index contributed by atoms with van der Waals surface area (Å²) in [5, 5.41) is 11.5.